The van der Waals surface area contributed by atoms with Crippen LogP contribution < -0.4 is 5.32 Å². The summed E-state index contributed by atoms with van der Waals surface area (Å²) in [5.74, 6) is 0.361. The summed E-state index contributed by atoms with van der Waals surface area (Å²) >= 11 is 1.56. The van der Waals surface area contributed by atoms with Gasteiger partial charge in [-0.15, -0.1) is 11.3 Å². The first-order valence-corrected chi connectivity index (χ1v) is 11.7. The summed E-state index contributed by atoms with van der Waals surface area (Å²) in [6.45, 7) is 2.22. The summed E-state index contributed by atoms with van der Waals surface area (Å²) < 4.78 is 7.17. The lowest BCUT2D eigenvalue weighted by molar-refractivity contribution is 0.0642. The van der Waals surface area contributed by atoms with E-state index < -0.39 is 0 Å². The Morgan fingerprint density at radius 1 is 1.25 bits per heavy atom. The zero-order valence-corrected chi connectivity index (χ0v) is 18.8. The summed E-state index contributed by atoms with van der Waals surface area (Å²) in [6.07, 6.45) is 8.33. The minimum atomic E-state index is -0.113. The first kappa shape index (κ1) is 20.8. The van der Waals surface area contributed by atoms with E-state index in [1.165, 1.54) is 0 Å². The molecule has 5 rings (SSSR count). The van der Waals surface area contributed by atoms with Gasteiger partial charge in [-0.1, -0.05) is 6.07 Å². The number of pyridine rings is 2. The van der Waals surface area contributed by atoms with Gasteiger partial charge >= 0.3 is 0 Å². The lowest BCUT2D eigenvalue weighted by Gasteiger charge is -2.22. The molecule has 1 fully saturated rings. The van der Waals surface area contributed by atoms with Gasteiger partial charge in [0.25, 0.3) is 5.91 Å². The van der Waals surface area contributed by atoms with E-state index in [2.05, 4.69) is 32.5 Å². The molecule has 4 aromatic heterocycles. The van der Waals surface area contributed by atoms with Crippen molar-refractivity contribution >= 4 is 27.5 Å². The monoisotopic (exact) mass is 447 g/mol. The average Bonchev–Trinajstić information content (AvgIpc) is 3.48. The molecule has 7 nitrogen and oxygen atoms in total. The van der Waals surface area contributed by atoms with E-state index in [0.717, 1.165) is 58.7 Å². The number of hydrogen-bond acceptors (Lipinski definition) is 6. The molecule has 1 amide bonds. The molecule has 0 bridgehead atoms. The molecule has 8 heteroatoms. The quantitative estimate of drug-likeness (QED) is 0.486. The number of thiophene rings is 1. The van der Waals surface area contributed by atoms with Gasteiger partial charge in [0.15, 0.2) is 0 Å². The van der Waals surface area contributed by atoms with Gasteiger partial charge in [0.2, 0.25) is 0 Å². The molecule has 0 aromatic carbocycles. The maximum absolute atomic E-state index is 12.8. The van der Waals surface area contributed by atoms with Crippen molar-refractivity contribution in [3.8, 4) is 11.3 Å². The van der Waals surface area contributed by atoms with Crippen LogP contribution in [0.4, 0.5) is 0 Å². The van der Waals surface area contributed by atoms with Crippen molar-refractivity contribution in [2.75, 3.05) is 19.8 Å². The fraction of sp³-hybridized carbons (Fsp3) is 0.333. The van der Waals surface area contributed by atoms with Crippen molar-refractivity contribution in [2.45, 2.75) is 19.3 Å². The van der Waals surface area contributed by atoms with E-state index in [1.807, 2.05) is 43.2 Å². The molecule has 1 N–H and O–H groups in total. The molecule has 4 aromatic rings. The summed E-state index contributed by atoms with van der Waals surface area (Å²) in [5.41, 5.74) is 4.53. The molecule has 32 heavy (non-hydrogen) atoms. The number of fused-ring (bicyclic) bond motifs is 1. The highest BCUT2D eigenvalue weighted by molar-refractivity contribution is 7.16. The fourth-order valence-electron chi connectivity index (χ4n) is 4.03. The molecular formula is C24H25N5O2S. The number of aryl methyl sites for hydroxylation is 1. The van der Waals surface area contributed by atoms with Gasteiger partial charge in [-0.2, -0.15) is 5.10 Å². The van der Waals surface area contributed by atoms with Crippen LogP contribution in [0.25, 0.3) is 21.5 Å². The maximum atomic E-state index is 12.8. The Bertz CT molecular complexity index is 1220. The number of hydrogen-bond donors (Lipinski definition) is 1. The molecule has 1 aliphatic heterocycles. The molecule has 1 aliphatic rings. The van der Waals surface area contributed by atoms with Crippen LogP contribution in [0.5, 0.6) is 0 Å². The third-order valence-electron chi connectivity index (χ3n) is 5.87. The summed E-state index contributed by atoms with van der Waals surface area (Å²) in [4.78, 5) is 23.0. The molecule has 0 spiro atoms. The van der Waals surface area contributed by atoms with Crippen molar-refractivity contribution in [3.63, 3.8) is 0 Å². The summed E-state index contributed by atoms with van der Waals surface area (Å²) in [7, 11) is 1.89. The molecule has 1 saturated heterocycles. The highest BCUT2D eigenvalue weighted by atomic mass is 32.1. The van der Waals surface area contributed by atoms with E-state index in [9.17, 15) is 4.79 Å². The molecule has 0 unspecified atom stereocenters. The zero-order chi connectivity index (χ0) is 21.9. The second-order valence-corrected chi connectivity index (χ2v) is 9.10. The van der Waals surface area contributed by atoms with Crippen LogP contribution in [-0.4, -0.2) is 45.4 Å². The smallest absolute Gasteiger partial charge is 0.269 e. The standard InChI is InChI=1S/C24H25N5O2S/c1-29-15-19(14-27-29)21-3-2-17(13-25-21)10-18-11-22(28-24-20(18)6-9-32-24)23(30)26-12-16-4-7-31-8-5-16/h2-3,6,9,11,13-16H,4-5,7-8,10,12H2,1H3,(H,26,30). The van der Waals surface area contributed by atoms with Crippen LogP contribution in [0.2, 0.25) is 0 Å². The highest BCUT2D eigenvalue weighted by Gasteiger charge is 2.17. The Kier molecular flexibility index (Phi) is 5.96. The minimum Gasteiger partial charge on any atom is -0.381 e. The number of carbonyl (C=O) groups excluding carboxylic acids is 1. The lowest BCUT2D eigenvalue weighted by Crippen LogP contribution is -2.32. The Morgan fingerprint density at radius 3 is 2.88 bits per heavy atom. The highest BCUT2D eigenvalue weighted by Crippen LogP contribution is 2.26. The number of ether oxygens (including phenoxy) is 1. The zero-order valence-electron chi connectivity index (χ0n) is 18.0. The van der Waals surface area contributed by atoms with Gasteiger partial charge in [0, 0.05) is 50.1 Å². The van der Waals surface area contributed by atoms with Crippen molar-refractivity contribution in [1.29, 1.82) is 0 Å². The Balaban J connectivity index is 1.34. The first-order valence-electron chi connectivity index (χ1n) is 10.8. The topological polar surface area (TPSA) is 81.9 Å². The summed E-state index contributed by atoms with van der Waals surface area (Å²) in [5, 5.41) is 10.4. The average molecular weight is 448 g/mol. The van der Waals surface area contributed by atoms with Gasteiger partial charge in [0.1, 0.15) is 10.5 Å². The van der Waals surface area contributed by atoms with Gasteiger partial charge in [-0.3, -0.25) is 14.5 Å². The Morgan fingerprint density at radius 2 is 2.12 bits per heavy atom. The molecular weight excluding hydrogens is 422 g/mol. The predicted molar refractivity (Wildman–Crippen MR) is 125 cm³/mol. The number of nitrogens with zero attached hydrogens (tertiary/aromatic N) is 4. The van der Waals surface area contributed by atoms with Crippen LogP contribution in [0.15, 0.2) is 48.2 Å². The first-order chi connectivity index (χ1) is 15.7. The predicted octanol–water partition coefficient (Wildman–Crippen LogP) is 3.84. The number of aromatic nitrogens is 4. The third-order valence-corrected chi connectivity index (χ3v) is 6.68. The van der Waals surface area contributed by atoms with Gasteiger partial charge in [-0.05, 0) is 59.9 Å². The number of amides is 1. The van der Waals surface area contributed by atoms with Crippen LogP contribution in [-0.2, 0) is 18.2 Å². The van der Waals surface area contributed by atoms with E-state index in [4.69, 9.17) is 4.74 Å². The number of nitrogens with one attached hydrogen (secondary N) is 1. The number of rotatable bonds is 6. The van der Waals surface area contributed by atoms with Gasteiger partial charge in [-0.25, -0.2) is 4.98 Å². The second kappa shape index (κ2) is 9.18. The molecule has 0 aliphatic carbocycles. The van der Waals surface area contributed by atoms with Crippen LogP contribution in [0, 0.1) is 5.92 Å². The molecule has 0 saturated carbocycles. The van der Waals surface area contributed by atoms with Crippen molar-refractivity contribution in [2.24, 2.45) is 13.0 Å². The van der Waals surface area contributed by atoms with Gasteiger partial charge < -0.3 is 10.1 Å². The minimum absolute atomic E-state index is 0.113. The fourth-order valence-corrected chi connectivity index (χ4v) is 4.84. The van der Waals surface area contributed by atoms with Crippen molar-refractivity contribution in [3.05, 3.63) is 65.1 Å². The molecule has 0 atom stereocenters. The van der Waals surface area contributed by atoms with Crippen molar-refractivity contribution < 1.29 is 9.53 Å². The SMILES string of the molecule is Cn1cc(-c2ccc(Cc3cc(C(=O)NCC4CCOCC4)nc4sccc34)cn2)cn1. The van der Waals surface area contributed by atoms with E-state index in [-0.39, 0.29) is 5.91 Å². The van der Waals surface area contributed by atoms with Gasteiger partial charge in [0.05, 0.1) is 11.9 Å². The normalized spacial score (nSPS) is 14.7. The third kappa shape index (κ3) is 4.56. The molecule has 5 heterocycles. The molecule has 164 valence electrons. The summed E-state index contributed by atoms with van der Waals surface area (Å²) in [6, 6.07) is 8.09. The van der Waals surface area contributed by atoms with Crippen LogP contribution in [0.3, 0.4) is 0 Å². The van der Waals surface area contributed by atoms with Crippen LogP contribution in [0.1, 0.15) is 34.5 Å². The molecule has 0 radical (unpaired) electrons. The largest absolute Gasteiger partial charge is 0.381 e. The number of carbonyl (C=O) groups is 1. The van der Waals surface area contributed by atoms with E-state index in [0.29, 0.717) is 24.6 Å². The maximum Gasteiger partial charge on any atom is 0.269 e. The van der Waals surface area contributed by atoms with E-state index >= 15 is 0 Å². The van der Waals surface area contributed by atoms with E-state index in [1.54, 1.807) is 16.0 Å². The van der Waals surface area contributed by atoms with Crippen molar-refractivity contribution in [1.82, 2.24) is 25.1 Å². The second-order valence-electron chi connectivity index (χ2n) is 8.20. The Hall–Kier alpha value is -3.10. The van der Waals surface area contributed by atoms with Crippen LogP contribution >= 0.6 is 11.3 Å². The Labute approximate surface area is 190 Å². The lowest BCUT2D eigenvalue weighted by atomic mass is 10.0.